The normalized spacial score (nSPS) is 21.4. The fourth-order valence-corrected chi connectivity index (χ4v) is 3.84. The van der Waals surface area contributed by atoms with Crippen LogP contribution >= 0.6 is 0 Å². The summed E-state index contributed by atoms with van der Waals surface area (Å²) in [7, 11) is 0. The maximum atomic E-state index is 13.2. The van der Waals surface area contributed by atoms with Gasteiger partial charge in [-0.1, -0.05) is 27.7 Å². The number of nitrogens with one attached hydrogen (secondary N) is 1. The zero-order valence-electron chi connectivity index (χ0n) is 17.5. The first-order valence-corrected chi connectivity index (χ1v) is 9.99. The Hall–Kier alpha value is -1.77. The minimum Gasteiger partial charge on any atom is -0.351 e. The number of amides is 1. The first-order chi connectivity index (χ1) is 13.7. The van der Waals surface area contributed by atoms with Crippen molar-refractivity contribution in [1.82, 2.24) is 10.2 Å². The van der Waals surface area contributed by atoms with Gasteiger partial charge in [0.1, 0.15) is 0 Å². The first-order valence-electron chi connectivity index (χ1n) is 9.99. The Morgan fingerprint density at radius 2 is 1.43 bits per heavy atom. The van der Waals surface area contributed by atoms with E-state index in [0.29, 0.717) is 19.4 Å². The zero-order valence-corrected chi connectivity index (χ0v) is 17.5. The number of nitrogens with zero attached hydrogens (tertiary/aromatic N) is 1. The average Bonchev–Trinajstić information content (AvgIpc) is 2.55. The highest BCUT2D eigenvalue weighted by Gasteiger charge is 2.38. The number of piperazine rings is 1. The summed E-state index contributed by atoms with van der Waals surface area (Å²) in [4.78, 5) is 14.4. The molecule has 0 aliphatic carbocycles. The second kappa shape index (κ2) is 9.16. The van der Waals surface area contributed by atoms with Crippen LogP contribution in [0.25, 0.3) is 0 Å². The molecule has 1 saturated heterocycles. The smallest absolute Gasteiger partial charge is 0.351 e. The minimum atomic E-state index is -4.90. The SMILES string of the molecule is CC(C)CC1CN(Cc2cc(C(F)(F)F)cc(C(F)(F)F)c2)C(CC(C)C)C(=O)N1. The summed E-state index contributed by atoms with van der Waals surface area (Å²) in [5, 5.41) is 2.95. The van der Waals surface area contributed by atoms with Crippen molar-refractivity contribution < 1.29 is 31.1 Å². The van der Waals surface area contributed by atoms with E-state index in [2.05, 4.69) is 5.32 Å². The summed E-state index contributed by atoms with van der Waals surface area (Å²) in [6.07, 6.45) is -8.65. The second-order valence-corrected chi connectivity index (χ2v) is 8.82. The van der Waals surface area contributed by atoms with Crippen LogP contribution in [0.4, 0.5) is 26.3 Å². The van der Waals surface area contributed by atoms with Crippen LogP contribution in [-0.4, -0.2) is 29.4 Å². The Labute approximate surface area is 172 Å². The van der Waals surface area contributed by atoms with Crippen LogP contribution < -0.4 is 5.32 Å². The van der Waals surface area contributed by atoms with E-state index in [1.165, 1.54) is 0 Å². The summed E-state index contributed by atoms with van der Waals surface area (Å²) >= 11 is 0. The predicted molar refractivity (Wildman–Crippen MR) is 101 cm³/mol. The fourth-order valence-electron chi connectivity index (χ4n) is 3.84. The molecule has 1 aromatic carbocycles. The van der Waals surface area contributed by atoms with Gasteiger partial charge in [-0.05, 0) is 48.4 Å². The van der Waals surface area contributed by atoms with Crippen LogP contribution in [0.15, 0.2) is 18.2 Å². The Morgan fingerprint density at radius 1 is 0.933 bits per heavy atom. The van der Waals surface area contributed by atoms with E-state index in [4.69, 9.17) is 0 Å². The number of rotatable bonds is 6. The van der Waals surface area contributed by atoms with Gasteiger partial charge in [0.15, 0.2) is 0 Å². The van der Waals surface area contributed by atoms with E-state index in [9.17, 15) is 31.1 Å². The molecular formula is C21H28F6N2O. The van der Waals surface area contributed by atoms with Crippen molar-refractivity contribution in [2.45, 2.75) is 71.5 Å². The molecule has 2 unspecified atom stereocenters. The maximum absolute atomic E-state index is 13.2. The third-order valence-corrected chi connectivity index (χ3v) is 5.03. The van der Waals surface area contributed by atoms with Crippen LogP contribution in [0.3, 0.4) is 0 Å². The van der Waals surface area contributed by atoms with Gasteiger partial charge in [0, 0.05) is 19.1 Å². The van der Waals surface area contributed by atoms with Crippen molar-refractivity contribution in [1.29, 1.82) is 0 Å². The highest BCUT2D eigenvalue weighted by molar-refractivity contribution is 5.82. The largest absolute Gasteiger partial charge is 0.416 e. The van der Waals surface area contributed by atoms with Crippen LogP contribution in [0, 0.1) is 11.8 Å². The molecule has 0 aromatic heterocycles. The summed E-state index contributed by atoms with van der Waals surface area (Å²) < 4.78 is 79.1. The summed E-state index contributed by atoms with van der Waals surface area (Å²) in [6.45, 7) is 8.01. The van der Waals surface area contributed by atoms with E-state index < -0.39 is 29.5 Å². The van der Waals surface area contributed by atoms with Crippen LogP contribution in [0.5, 0.6) is 0 Å². The molecule has 1 amide bonds. The van der Waals surface area contributed by atoms with Crippen molar-refractivity contribution in [2.75, 3.05) is 6.54 Å². The summed E-state index contributed by atoms with van der Waals surface area (Å²) in [6, 6.07) is 0.808. The Bertz CT molecular complexity index is 710. The lowest BCUT2D eigenvalue weighted by atomic mass is 9.94. The molecule has 170 valence electrons. The standard InChI is InChI=1S/C21H28F6N2O/c1-12(2)5-17-11-29(18(6-13(3)4)19(30)28-17)10-14-7-15(20(22,23)24)9-16(8-14)21(25,26)27/h7-9,12-13,17-18H,5-6,10-11H2,1-4H3,(H,28,30). The Kier molecular flexibility index (Phi) is 7.48. The number of hydrogen-bond donors (Lipinski definition) is 1. The molecular weight excluding hydrogens is 410 g/mol. The highest BCUT2D eigenvalue weighted by Crippen LogP contribution is 2.37. The average molecular weight is 438 g/mol. The van der Waals surface area contributed by atoms with E-state index in [0.717, 1.165) is 12.1 Å². The third kappa shape index (κ3) is 6.62. The van der Waals surface area contributed by atoms with Gasteiger partial charge in [-0.2, -0.15) is 26.3 Å². The molecule has 0 radical (unpaired) electrons. The number of benzene rings is 1. The maximum Gasteiger partial charge on any atom is 0.416 e. The quantitative estimate of drug-likeness (QED) is 0.596. The molecule has 0 saturated carbocycles. The van der Waals surface area contributed by atoms with Gasteiger partial charge in [-0.15, -0.1) is 0 Å². The van der Waals surface area contributed by atoms with Crippen LogP contribution in [0.1, 0.15) is 57.2 Å². The van der Waals surface area contributed by atoms with E-state index >= 15 is 0 Å². The van der Waals surface area contributed by atoms with Gasteiger partial charge in [0.2, 0.25) is 5.91 Å². The number of carbonyl (C=O) groups excluding carboxylic acids is 1. The number of halogens is 6. The van der Waals surface area contributed by atoms with E-state index in [1.54, 1.807) is 4.90 Å². The monoisotopic (exact) mass is 438 g/mol. The molecule has 1 heterocycles. The lowest BCUT2D eigenvalue weighted by Gasteiger charge is -2.41. The van der Waals surface area contributed by atoms with E-state index in [-0.39, 0.29) is 42.0 Å². The number of hydrogen-bond acceptors (Lipinski definition) is 2. The van der Waals surface area contributed by atoms with Gasteiger partial charge in [0.05, 0.1) is 17.2 Å². The van der Waals surface area contributed by atoms with Gasteiger partial charge in [-0.25, -0.2) is 0 Å². The molecule has 1 fully saturated rings. The number of alkyl halides is 6. The molecule has 1 N–H and O–H groups in total. The van der Waals surface area contributed by atoms with Gasteiger partial charge >= 0.3 is 12.4 Å². The molecule has 1 aliphatic rings. The zero-order chi connectivity index (χ0) is 22.9. The summed E-state index contributed by atoms with van der Waals surface area (Å²) in [5.74, 6) is 0.185. The van der Waals surface area contributed by atoms with Crippen molar-refractivity contribution in [3.05, 3.63) is 34.9 Å². The van der Waals surface area contributed by atoms with Gasteiger partial charge < -0.3 is 5.32 Å². The van der Waals surface area contributed by atoms with Crippen molar-refractivity contribution >= 4 is 5.91 Å². The first kappa shape index (κ1) is 24.5. The van der Waals surface area contributed by atoms with Crippen molar-refractivity contribution in [3.8, 4) is 0 Å². The Balaban J connectivity index is 2.40. The third-order valence-electron chi connectivity index (χ3n) is 5.03. The highest BCUT2D eigenvalue weighted by atomic mass is 19.4. The van der Waals surface area contributed by atoms with Gasteiger partial charge in [0.25, 0.3) is 0 Å². The molecule has 2 atom stereocenters. The van der Waals surface area contributed by atoms with Gasteiger partial charge in [-0.3, -0.25) is 9.69 Å². The van der Waals surface area contributed by atoms with Crippen LogP contribution in [-0.2, 0) is 23.7 Å². The molecule has 0 bridgehead atoms. The lowest BCUT2D eigenvalue weighted by Crippen LogP contribution is -2.60. The minimum absolute atomic E-state index is 0.107. The Morgan fingerprint density at radius 3 is 1.87 bits per heavy atom. The molecule has 3 nitrogen and oxygen atoms in total. The molecule has 1 aliphatic heterocycles. The van der Waals surface area contributed by atoms with Crippen LogP contribution in [0.2, 0.25) is 0 Å². The second-order valence-electron chi connectivity index (χ2n) is 8.82. The molecule has 1 aromatic rings. The molecule has 0 spiro atoms. The number of carbonyl (C=O) groups is 1. The molecule has 9 heteroatoms. The predicted octanol–water partition coefficient (Wildman–Crippen LogP) is 5.49. The fraction of sp³-hybridized carbons (Fsp3) is 0.667. The van der Waals surface area contributed by atoms with Crippen molar-refractivity contribution in [3.63, 3.8) is 0 Å². The lowest BCUT2D eigenvalue weighted by molar-refractivity contribution is -0.143. The van der Waals surface area contributed by atoms with Crippen molar-refractivity contribution in [2.24, 2.45) is 11.8 Å². The molecule has 30 heavy (non-hydrogen) atoms. The summed E-state index contributed by atoms with van der Waals surface area (Å²) in [5.41, 5.74) is -2.79. The van der Waals surface area contributed by atoms with E-state index in [1.807, 2.05) is 27.7 Å². The molecule has 2 rings (SSSR count). The topological polar surface area (TPSA) is 32.3 Å².